The molecular weight excluding hydrogens is 330 g/mol. The number of para-hydroxylation sites is 1. The lowest BCUT2D eigenvalue weighted by Gasteiger charge is -2.36. The van der Waals surface area contributed by atoms with Crippen molar-refractivity contribution in [1.29, 1.82) is 0 Å². The molecule has 2 aromatic carbocycles. The largest absolute Gasteiger partial charge is 0.497 e. The standard InChI is InChI=1S/C20H21N3O3/c1-25-16-6-4-5-15(13-16)22-9-11-23(12-10-22)20(24)14-18-17-7-2-3-8-19(17)26-21-18/h2-8,13H,9-12,14H2,1H3. The van der Waals surface area contributed by atoms with Gasteiger partial charge in [0.25, 0.3) is 0 Å². The van der Waals surface area contributed by atoms with Crippen LogP contribution in [0, 0.1) is 0 Å². The van der Waals surface area contributed by atoms with Gasteiger partial charge in [-0.05, 0) is 24.3 Å². The number of aromatic nitrogens is 1. The molecule has 6 heteroatoms. The van der Waals surface area contributed by atoms with Gasteiger partial charge in [0, 0.05) is 43.3 Å². The summed E-state index contributed by atoms with van der Waals surface area (Å²) in [6, 6.07) is 15.7. The first-order valence-corrected chi connectivity index (χ1v) is 8.74. The Morgan fingerprint density at radius 3 is 2.73 bits per heavy atom. The van der Waals surface area contributed by atoms with Crippen LogP contribution in [-0.2, 0) is 11.2 Å². The average molecular weight is 351 g/mol. The molecular formula is C20H21N3O3. The van der Waals surface area contributed by atoms with Gasteiger partial charge in [-0.1, -0.05) is 23.4 Å². The minimum Gasteiger partial charge on any atom is -0.497 e. The second kappa shape index (κ2) is 7.07. The summed E-state index contributed by atoms with van der Waals surface area (Å²) in [5.41, 5.74) is 2.55. The number of hydrogen-bond donors (Lipinski definition) is 0. The number of benzene rings is 2. The van der Waals surface area contributed by atoms with Crippen LogP contribution in [0.3, 0.4) is 0 Å². The molecule has 0 atom stereocenters. The summed E-state index contributed by atoms with van der Waals surface area (Å²) in [4.78, 5) is 16.8. The van der Waals surface area contributed by atoms with Crippen LogP contribution in [0.5, 0.6) is 5.75 Å². The molecule has 0 unspecified atom stereocenters. The van der Waals surface area contributed by atoms with E-state index in [0.29, 0.717) is 18.8 Å². The van der Waals surface area contributed by atoms with Crippen molar-refractivity contribution in [3.05, 3.63) is 54.2 Å². The van der Waals surface area contributed by atoms with E-state index >= 15 is 0 Å². The summed E-state index contributed by atoms with van der Waals surface area (Å²) in [6.07, 6.45) is 0.274. The van der Waals surface area contributed by atoms with Crippen LogP contribution in [-0.4, -0.2) is 49.3 Å². The van der Waals surface area contributed by atoms with Crippen LogP contribution in [0.15, 0.2) is 53.1 Å². The fourth-order valence-electron chi connectivity index (χ4n) is 3.34. The quantitative estimate of drug-likeness (QED) is 0.723. The zero-order valence-corrected chi connectivity index (χ0v) is 14.7. The molecule has 1 aromatic heterocycles. The average Bonchev–Trinajstić information content (AvgIpc) is 3.11. The van der Waals surface area contributed by atoms with Crippen molar-refractivity contribution in [2.75, 3.05) is 38.2 Å². The SMILES string of the molecule is COc1cccc(N2CCN(C(=O)Cc3noc4ccccc34)CC2)c1. The molecule has 0 saturated carbocycles. The third-order valence-corrected chi connectivity index (χ3v) is 4.82. The highest BCUT2D eigenvalue weighted by molar-refractivity contribution is 5.86. The van der Waals surface area contributed by atoms with Crippen molar-refractivity contribution in [2.45, 2.75) is 6.42 Å². The van der Waals surface area contributed by atoms with E-state index in [0.717, 1.165) is 35.5 Å². The summed E-state index contributed by atoms with van der Waals surface area (Å²) < 4.78 is 10.6. The van der Waals surface area contributed by atoms with E-state index < -0.39 is 0 Å². The van der Waals surface area contributed by atoms with E-state index in [1.54, 1.807) is 7.11 Å². The maximum Gasteiger partial charge on any atom is 0.228 e. The molecule has 0 N–H and O–H groups in total. The molecule has 0 radical (unpaired) electrons. The first kappa shape index (κ1) is 16.4. The number of anilines is 1. The van der Waals surface area contributed by atoms with Crippen LogP contribution in [0.25, 0.3) is 11.0 Å². The maximum absolute atomic E-state index is 12.7. The lowest BCUT2D eigenvalue weighted by molar-refractivity contribution is -0.130. The fraction of sp³-hybridized carbons (Fsp3) is 0.300. The first-order chi connectivity index (χ1) is 12.7. The molecule has 1 aliphatic rings. The third kappa shape index (κ3) is 3.22. The Labute approximate surface area is 151 Å². The van der Waals surface area contributed by atoms with Crippen LogP contribution in [0.2, 0.25) is 0 Å². The molecule has 2 heterocycles. The summed E-state index contributed by atoms with van der Waals surface area (Å²) in [5.74, 6) is 0.938. The Hall–Kier alpha value is -3.02. The monoisotopic (exact) mass is 351 g/mol. The number of carbonyl (C=O) groups is 1. The normalized spacial score (nSPS) is 14.7. The van der Waals surface area contributed by atoms with Crippen molar-refractivity contribution < 1.29 is 14.1 Å². The Bertz CT molecular complexity index is 913. The van der Waals surface area contributed by atoms with Gasteiger partial charge >= 0.3 is 0 Å². The summed E-state index contributed by atoms with van der Waals surface area (Å²) >= 11 is 0. The lowest BCUT2D eigenvalue weighted by Crippen LogP contribution is -2.49. The number of methoxy groups -OCH3 is 1. The van der Waals surface area contributed by atoms with Crippen LogP contribution in [0.1, 0.15) is 5.69 Å². The van der Waals surface area contributed by atoms with Gasteiger partial charge in [-0.3, -0.25) is 4.79 Å². The van der Waals surface area contributed by atoms with Crippen LogP contribution < -0.4 is 9.64 Å². The second-order valence-electron chi connectivity index (χ2n) is 6.37. The molecule has 3 aromatic rings. The molecule has 1 fully saturated rings. The summed E-state index contributed by atoms with van der Waals surface area (Å²) in [7, 11) is 1.67. The Morgan fingerprint density at radius 2 is 1.92 bits per heavy atom. The Morgan fingerprint density at radius 1 is 1.12 bits per heavy atom. The van der Waals surface area contributed by atoms with Crippen molar-refractivity contribution in [3.63, 3.8) is 0 Å². The fourth-order valence-corrected chi connectivity index (χ4v) is 3.34. The number of rotatable bonds is 4. The number of piperazine rings is 1. The van der Waals surface area contributed by atoms with E-state index in [1.807, 2.05) is 47.4 Å². The van der Waals surface area contributed by atoms with Gasteiger partial charge in [-0.25, -0.2) is 0 Å². The van der Waals surface area contributed by atoms with Crippen molar-refractivity contribution in [3.8, 4) is 5.75 Å². The van der Waals surface area contributed by atoms with Gasteiger partial charge < -0.3 is 19.1 Å². The summed E-state index contributed by atoms with van der Waals surface area (Å²) in [6.45, 7) is 3.01. The molecule has 1 saturated heterocycles. The van der Waals surface area contributed by atoms with Crippen molar-refractivity contribution >= 4 is 22.6 Å². The third-order valence-electron chi connectivity index (χ3n) is 4.82. The Balaban J connectivity index is 1.39. The number of hydrogen-bond acceptors (Lipinski definition) is 5. The molecule has 1 amide bonds. The maximum atomic E-state index is 12.7. The van der Waals surface area contributed by atoms with E-state index in [2.05, 4.69) is 16.1 Å². The molecule has 0 aliphatic carbocycles. The molecule has 1 aliphatic heterocycles. The van der Waals surface area contributed by atoms with Gasteiger partial charge in [-0.2, -0.15) is 0 Å². The zero-order chi connectivity index (χ0) is 17.9. The van der Waals surface area contributed by atoms with Gasteiger partial charge in [0.2, 0.25) is 5.91 Å². The number of carbonyl (C=O) groups excluding carboxylic acids is 1. The summed E-state index contributed by atoms with van der Waals surface area (Å²) in [5, 5.41) is 4.98. The van der Waals surface area contributed by atoms with Crippen LogP contribution >= 0.6 is 0 Å². The number of ether oxygens (including phenoxy) is 1. The molecule has 26 heavy (non-hydrogen) atoms. The van der Waals surface area contributed by atoms with Gasteiger partial charge in [0.05, 0.1) is 13.5 Å². The highest BCUT2D eigenvalue weighted by atomic mass is 16.5. The number of amides is 1. The highest BCUT2D eigenvalue weighted by Gasteiger charge is 2.23. The minimum atomic E-state index is 0.0920. The number of nitrogens with zero attached hydrogens (tertiary/aromatic N) is 3. The van der Waals surface area contributed by atoms with Gasteiger partial charge in [0.1, 0.15) is 11.4 Å². The topological polar surface area (TPSA) is 58.8 Å². The minimum absolute atomic E-state index is 0.0920. The van der Waals surface area contributed by atoms with Gasteiger partial charge in [-0.15, -0.1) is 0 Å². The zero-order valence-electron chi connectivity index (χ0n) is 14.7. The van der Waals surface area contributed by atoms with Crippen molar-refractivity contribution in [1.82, 2.24) is 10.1 Å². The van der Waals surface area contributed by atoms with Gasteiger partial charge in [0.15, 0.2) is 5.58 Å². The van der Waals surface area contributed by atoms with E-state index in [4.69, 9.17) is 9.26 Å². The molecule has 6 nitrogen and oxygen atoms in total. The molecule has 0 bridgehead atoms. The highest BCUT2D eigenvalue weighted by Crippen LogP contribution is 2.23. The van der Waals surface area contributed by atoms with E-state index in [9.17, 15) is 4.79 Å². The first-order valence-electron chi connectivity index (χ1n) is 8.74. The molecule has 134 valence electrons. The van der Waals surface area contributed by atoms with Crippen molar-refractivity contribution in [2.24, 2.45) is 0 Å². The molecule has 0 spiro atoms. The lowest BCUT2D eigenvalue weighted by atomic mass is 10.1. The van der Waals surface area contributed by atoms with E-state index in [1.165, 1.54) is 0 Å². The predicted octanol–water partition coefficient (Wildman–Crippen LogP) is 2.73. The Kier molecular flexibility index (Phi) is 4.48. The predicted molar refractivity (Wildman–Crippen MR) is 99.5 cm³/mol. The second-order valence-corrected chi connectivity index (χ2v) is 6.37. The smallest absolute Gasteiger partial charge is 0.228 e. The van der Waals surface area contributed by atoms with Crippen LogP contribution in [0.4, 0.5) is 5.69 Å². The van der Waals surface area contributed by atoms with E-state index in [-0.39, 0.29) is 12.3 Å². The number of fused-ring (bicyclic) bond motifs is 1. The molecule has 4 rings (SSSR count).